The number of nitrogens with zero attached hydrogens (tertiary/aromatic N) is 1. The van der Waals surface area contributed by atoms with Crippen molar-refractivity contribution in [2.24, 2.45) is 0 Å². The standard InChI is InChI=1S/C8H4Br2ClN/c9-6-3-5(1-2-12)8(10)7(11)4-6/h3-4H,1H2. The molecule has 0 atom stereocenters. The van der Waals surface area contributed by atoms with Crippen molar-refractivity contribution in [1.82, 2.24) is 0 Å². The summed E-state index contributed by atoms with van der Waals surface area (Å²) in [5.41, 5.74) is 0.900. The molecule has 0 unspecified atom stereocenters. The number of hydrogen-bond donors (Lipinski definition) is 0. The van der Waals surface area contributed by atoms with Crippen LogP contribution in [0.1, 0.15) is 5.56 Å². The first-order chi connectivity index (χ1) is 5.65. The van der Waals surface area contributed by atoms with Gasteiger partial charge in [-0.15, -0.1) is 0 Å². The molecule has 1 nitrogen and oxygen atoms in total. The average molecular weight is 309 g/mol. The third-order valence-corrected chi connectivity index (χ3v) is 3.26. The molecule has 0 spiro atoms. The molecule has 0 bridgehead atoms. The van der Waals surface area contributed by atoms with Crippen molar-refractivity contribution in [2.45, 2.75) is 6.42 Å². The van der Waals surface area contributed by atoms with E-state index >= 15 is 0 Å². The zero-order chi connectivity index (χ0) is 9.14. The van der Waals surface area contributed by atoms with Crippen molar-refractivity contribution >= 4 is 43.5 Å². The molecule has 0 amide bonds. The Morgan fingerprint density at radius 3 is 2.67 bits per heavy atom. The summed E-state index contributed by atoms with van der Waals surface area (Å²) in [5.74, 6) is 0. The van der Waals surface area contributed by atoms with Crippen LogP contribution in [-0.4, -0.2) is 0 Å². The van der Waals surface area contributed by atoms with E-state index in [1.54, 1.807) is 6.07 Å². The van der Waals surface area contributed by atoms with Gasteiger partial charge < -0.3 is 0 Å². The molecule has 0 aromatic heterocycles. The van der Waals surface area contributed by atoms with Crippen LogP contribution in [0.2, 0.25) is 5.02 Å². The van der Waals surface area contributed by atoms with Gasteiger partial charge in [-0.25, -0.2) is 0 Å². The second-order valence-electron chi connectivity index (χ2n) is 2.20. The number of rotatable bonds is 1. The summed E-state index contributed by atoms with van der Waals surface area (Å²) in [4.78, 5) is 0. The summed E-state index contributed by atoms with van der Waals surface area (Å²) in [5, 5.41) is 9.12. The highest BCUT2D eigenvalue weighted by molar-refractivity contribution is 9.11. The van der Waals surface area contributed by atoms with Crippen molar-refractivity contribution in [3.8, 4) is 6.07 Å². The zero-order valence-corrected chi connectivity index (χ0v) is 9.87. The Morgan fingerprint density at radius 2 is 2.08 bits per heavy atom. The largest absolute Gasteiger partial charge is 0.198 e. The molecule has 0 aliphatic heterocycles. The second-order valence-corrected chi connectivity index (χ2v) is 4.31. The number of halogens is 3. The summed E-state index contributed by atoms with van der Waals surface area (Å²) < 4.78 is 1.69. The minimum absolute atomic E-state index is 0.361. The van der Waals surface area contributed by atoms with Crippen LogP contribution in [0, 0.1) is 11.3 Å². The van der Waals surface area contributed by atoms with Gasteiger partial charge in [0.1, 0.15) is 0 Å². The molecular weight excluding hydrogens is 305 g/mol. The third-order valence-electron chi connectivity index (χ3n) is 1.34. The lowest BCUT2D eigenvalue weighted by molar-refractivity contribution is 1.24. The van der Waals surface area contributed by atoms with Crippen LogP contribution in [0.3, 0.4) is 0 Å². The Kier molecular flexibility index (Phi) is 3.57. The predicted molar refractivity (Wildman–Crippen MR) is 56.2 cm³/mol. The molecule has 1 aromatic rings. The smallest absolute Gasteiger partial charge is 0.0670 e. The monoisotopic (exact) mass is 307 g/mol. The second kappa shape index (κ2) is 4.27. The van der Waals surface area contributed by atoms with Crippen LogP contribution >= 0.6 is 43.5 Å². The van der Waals surface area contributed by atoms with Crippen molar-refractivity contribution in [2.75, 3.05) is 0 Å². The van der Waals surface area contributed by atoms with Gasteiger partial charge in [-0.05, 0) is 33.6 Å². The van der Waals surface area contributed by atoms with Gasteiger partial charge in [-0.1, -0.05) is 27.5 Å². The highest BCUT2D eigenvalue weighted by atomic mass is 79.9. The lowest BCUT2D eigenvalue weighted by Gasteiger charge is -2.02. The van der Waals surface area contributed by atoms with Crippen LogP contribution < -0.4 is 0 Å². The molecule has 0 saturated heterocycles. The van der Waals surface area contributed by atoms with Crippen LogP contribution in [0.4, 0.5) is 0 Å². The topological polar surface area (TPSA) is 23.8 Å². The van der Waals surface area contributed by atoms with Gasteiger partial charge in [0.15, 0.2) is 0 Å². The normalized spacial score (nSPS) is 9.50. The van der Waals surface area contributed by atoms with Crippen LogP contribution in [0.25, 0.3) is 0 Å². The van der Waals surface area contributed by atoms with E-state index < -0.39 is 0 Å². The SMILES string of the molecule is N#CCc1cc(Br)cc(Cl)c1Br. The van der Waals surface area contributed by atoms with Gasteiger partial charge in [0.25, 0.3) is 0 Å². The molecule has 0 radical (unpaired) electrons. The third kappa shape index (κ3) is 2.22. The highest BCUT2D eigenvalue weighted by Gasteiger charge is 2.05. The Labute approximate surface area is 92.6 Å². The van der Waals surface area contributed by atoms with Crippen LogP contribution in [0.5, 0.6) is 0 Å². The lowest BCUT2D eigenvalue weighted by Crippen LogP contribution is -1.84. The highest BCUT2D eigenvalue weighted by Crippen LogP contribution is 2.30. The van der Waals surface area contributed by atoms with Crippen LogP contribution in [0.15, 0.2) is 21.1 Å². The number of hydrogen-bond acceptors (Lipinski definition) is 1. The molecule has 1 rings (SSSR count). The number of benzene rings is 1. The van der Waals surface area contributed by atoms with Gasteiger partial charge in [0.2, 0.25) is 0 Å². The van der Waals surface area contributed by atoms with E-state index in [-0.39, 0.29) is 0 Å². The average Bonchev–Trinajstić information content (AvgIpc) is 2.00. The van der Waals surface area contributed by atoms with E-state index in [1.165, 1.54) is 0 Å². The lowest BCUT2D eigenvalue weighted by atomic mass is 10.2. The summed E-state index contributed by atoms with van der Waals surface area (Å²) in [6, 6.07) is 5.73. The van der Waals surface area contributed by atoms with E-state index in [0.29, 0.717) is 11.4 Å². The van der Waals surface area contributed by atoms with E-state index in [9.17, 15) is 0 Å². The van der Waals surface area contributed by atoms with Gasteiger partial charge >= 0.3 is 0 Å². The molecule has 0 N–H and O–H groups in total. The summed E-state index contributed by atoms with van der Waals surface area (Å²) in [7, 11) is 0. The fourth-order valence-electron chi connectivity index (χ4n) is 0.823. The molecule has 1 aromatic carbocycles. The van der Waals surface area contributed by atoms with Gasteiger partial charge in [0.05, 0.1) is 17.5 Å². The minimum Gasteiger partial charge on any atom is -0.198 e. The molecule has 0 heterocycles. The molecule has 0 aliphatic rings. The van der Waals surface area contributed by atoms with E-state index in [4.69, 9.17) is 16.9 Å². The van der Waals surface area contributed by atoms with Crippen molar-refractivity contribution in [1.29, 1.82) is 5.26 Å². The summed E-state index contributed by atoms with van der Waals surface area (Å²) in [6.07, 6.45) is 0.361. The molecule has 0 saturated carbocycles. The van der Waals surface area contributed by atoms with E-state index in [2.05, 4.69) is 37.9 Å². The molecule has 62 valence electrons. The maximum absolute atomic E-state index is 8.50. The number of nitriles is 1. The van der Waals surface area contributed by atoms with E-state index in [1.807, 2.05) is 6.07 Å². The summed E-state index contributed by atoms with van der Waals surface area (Å²) >= 11 is 12.5. The van der Waals surface area contributed by atoms with Gasteiger partial charge in [0, 0.05) is 8.95 Å². The first kappa shape index (κ1) is 10.0. The first-order valence-electron chi connectivity index (χ1n) is 3.15. The van der Waals surface area contributed by atoms with Gasteiger partial charge in [-0.3, -0.25) is 0 Å². The maximum atomic E-state index is 8.50. The molecule has 4 heteroatoms. The quantitative estimate of drug-likeness (QED) is 0.721. The molecular formula is C8H4Br2ClN. The Bertz CT molecular complexity index is 344. The minimum atomic E-state index is 0.361. The van der Waals surface area contributed by atoms with E-state index in [0.717, 1.165) is 14.5 Å². The Balaban J connectivity index is 3.20. The zero-order valence-electron chi connectivity index (χ0n) is 5.94. The Hall–Kier alpha value is -0.0400. The van der Waals surface area contributed by atoms with Crippen LogP contribution in [-0.2, 0) is 6.42 Å². The fourth-order valence-corrected chi connectivity index (χ4v) is 2.07. The van der Waals surface area contributed by atoms with Crippen molar-refractivity contribution < 1.29 is 0 Å². The molecule has 0 fully saturated rings. The van der Waals surface area contributed by atoms with Gasteiger partial charge in [-0.2, -0.15) is 5.26 Å². The molecule has 12 heavy (non-hydrogen) atoms. The fraction of sp³-hybridized carbons (Fsp3) is 0.125. The Morgan fingerprint density at radius 1 is 1.42 bits per heavy atom. The first-order valence-corrected chi connectivity index (χ1v) is 5.12. The molecule has 0 aliphatic carbocycles. The predicted octanol–water partition coefficient (Wildman–Crippen LogP) is 3.93. The summed E-state index contributed by atoms with van der Waals surface area (Å²) in [6.45, 7) is 0. The maximum Gasteiger partial charge on any atom is 0.0670 e. The van der Waals surface area contributed by atoms with Crippen molar-refractivity contribution in [3.05, 3.63) is 31.7 Å². The van der Waals surface area contributed by atoms with Crippen molar-refractivity contribution in [3.63, 3.8) is 0 Å².